The molecule has 1 aliphatic heterocycles. The molecule has 1 aliphatic rings. The summed E-state index contributed by atoms with van der Waals surface area (Å²) in [5.41, 5.74) is 1.75. The molecule has 0 saturated carbocycles. The number of benzene rings is 2. The number of rotatable bonds is 9. The van der Waals surface area contributed by atoms with E-state index in [0.29, 0.717) is 36.3 Å². The number of hydrogen-bond donors (Lipinski definition) is 1. The third-order valence-corrected chi connectivity index (χ3v) is 7.39. The van der Waals surface area contributed by atoms with Gasteiger partial charge in [0.05, 0.1) is 23.5 Å². The molecule has 1 N–H and O–H groups in total. The maximum atomic E-state index is 15.4. The summed E-state index contributed by atoms with van der Waals surface area (Å²) in [5, 5.41) is 20.3. The highest BCUT2D eigenvalue weighted by atomic mass is 19.1. The van der Waals surface area contributed by atoms with E-state index in [1.807, 2.05) is 0 Å². The Morgan fingerprint density at radius 1 is 1.14 bits per heavy atom. The molecule has 1 unspecified atom stereocenters. The van der Waals surface area contributed by atoms with Crippen molar-refractivity contribution in [3.8, 4) is 22.9 Å². The lowest BCUT2D eigenvalue weighted by molar-refractivity contribution is -0.160. The van der Waals surface area contributed by atoms with Crippen LogP contribution < -0.4 is 9.64 Å². The molecule has 2 heterocycles. The van der Waals surface area contributed by atoms with Gasteiger partial charge in [0.2, 0.25) is 0 Å². The molecule has 0 radical (unpaired) electrons. The normalized spacial score (nSPS) is 15.6. The van der Waals surface area contributed by atoms with E-state index in [1.165, 1.54) is 30.5 Å². The average molecular weight is 578 g/mol. The number of aliphatic carboxylic acids is 1. The standard InChI is InChI=1S/C33H37F2N3O4/c1-32(2,3)42-30(31(39)40)28-26(19-36)37-20-24(29(28)38-15-13-33(4,5)14-16-38)22-8-11-27(25(35)18-22)41-17-12-21-6-9-23(34)10-7-21/h6-11,18,20,30H,12-17H2,1-5H3,(H,39,40). The molecule has 4 rings (SSSR count). The molecule has 1 atom stereocenters. The maximum Gasteiger partial charge on any atom is 0.337 e. The number of halogens is 2. The molecule has 222 valence electrons. The molecule has 1 saturated heterocycles. The van der Waals surface area contributed by atoms with Gasteiger partial charge in [-0.05, 0) is 74.4 Å². The van der Waals surface area contributed by atoms with Crippen LogP contribution in [-0.4, -0.2) is 41.4 Å². The highest BCUT2D eigenvalue weighted by Crippen LogP contribution is 2.44. The smallest absolute Gasteiger partial charge is 0.337 e. The van der Waals surface area contributed by atoms with E-state index in [1.54, 1.807) is 39.0 Å². The molecule has 9 heteroatoms. The Morgan fingerprint density at radius 2 is 1.81 bits per heavy atom. The zero-order valence-electron chi connectivity index (χ0n) is 24.7. The fraction of sp³-hybridized carbons (Fsp3) is 0.424. The lowest BCUT2D eigenvalue weighted by atomic mass is 9.82. The van der Waals surface area contributed by atoms with Crippen LogP contribution in [0.5, 0.6) is 5.75 Å². The summed E-state index contributed by atoms with van der Waals surface area (Å²) in [7, 11) is 0. The van der Waals surface area contributed by atoms with Crippen molar-refractivity contribution < 1.29 is 28.2 Å². The van der Waals surface area contributed by atoms with Gasteiger partial charge in [0.25, 0.3) is 0 Å². The second-order valence-electron chi connectivity index (χ2n) is 12.4. The van der Waals surface area contributed by atoms with Crippen LogP contribution in [0.3, 0.4) is 0 Å². The minimum atomic E-state index is -1.46. The van der Waals surface area contributed by atoms with Gasteiger partial charge in [0, 0.05) is 31.3 Å². The third kappa shape index (κ3) is 7.42. The first-order valence-electron chi connectivity index (χ1n) is 14.0. The average Bonchev–Trinajstić information content (AvgIpc) is 2.92. The van der Waals surface area contributed by atoms with E-state index in [-0.39, 0.29) is 34.8 Å². The molecule has 0 aliphatic carbocycles. The number of anilines is 1. The lowest BCUT2D eigenvalue weighted by Gasteiger charge is -2.40. The zero-order valence-corrected chi connectivity index (χ0v) is 24.7. The van der Waals surface area contributed by atoms with E-state index >= 15 is 4.39 Å². The van der Waals surface area contributed by atoms with E-state index < -0.39 is 23.5 Å². The Labute approximate surface area is 245 Å². The van der Waals surface area contributed by atoms with E-state index in [0.717, 1.165) is 18.4 Å². The van der Waals surface area contributed by atoms with Crippen molar-refractivity contribution in [1.82, 2.24) is 4.98 Å². The Bertz CT molecular complexity index is 1470. The molecule has 3 aromatic rings. The fourth-order valence-electron chi connectivity index (χ4n) is 5.04. The van der Waals surface area contributed by atoms with Gasteiger partial charge in [-0.25, -0.2) is 18.6 Å². The molecular formula is C33H37F2N3O4. The lowest BCUT2D eigenvalue weighted by Crippen LogP contribution is -2.39. The van der Waals surface area contributed by atoms with E-state index in [2.05, 4.69) is 29.8 Å². The maximum absolute atomic E-state index is 15.4. The molecule has 7 nitrogen and oxygen atoms in total. The number of pyridine rings is 1. The first-order chi connectivity index (χ1) is 19.8. The van der Waals surface area contributed by atoms with E-state index in [4.69, 9.17) is 9.47 Å². The van der Waals surface area contributed by atoms with Crippen molar-refractivity contribution in [3.63, 3.8) is 0 Å². The van der Waals surface area contributed by atoms with Gasteiger partial charge in [-0.3, -0.25) is 0 Å². The second kappa shape index (κ2) is 12.5. The summed E-state index contributed by atoms with van der Waals surface area (Å²) in [4.78, 5) is 19.0. The van der Waals surface area contributed by atoms with Crippen molar-refractivity contribution >= 4 is 11.7 Å². The summed E-state index contributed by atoms with van der Waals surface area (Å²) < 4.78 is 40.2. The number of nitrogens with zero attached hydrogens (tertiary/aromatic N) is 3. The number of hydrogen-bond acceptors (Lipinski definition) is 6. The number of nitriles is 1. The molecule has 2 aromatic carbocycles. The molecular weight excluding hydrogens is 540 g/mol. The van der Waals surface area contributed by atoms with Gasteiger partial charge in [0.15, 0.2) is 17.7 Å². The number of carbonyl (C=O) groups is 1. The Balaban J connectivity index is 1.75. The van der Waals surface area contributed by atoms with Gasteiger partial charge in [-0.15, -0.1) is 0 Å². The topological polar surface area (TPSA) is 95.7 Å². The van der Waals surface area contributed by atoms with Crippen LogP contribution in [0.4, 0.5) is 14.5 Å². The van der Waals surface area contributed by atoms with Crippen LogP contribution in [0.1, 0.15) is 70.4 Å². The van der Waals surface area contributed by atoms with Gasteiger partial charge in [0.1, 0.15) is 17.6 Å². The van der Waals surface area contributed by atoms with Gasteiger partial charge in [-0.1, -0.05) is 32.0 Å². The fourth-order valence-corrected chi connectivity index (χ4v) is 5.04. The SMILES string of the molecule is CC1(C)CCN(c2c(-c3ccc(OCCc4ccc(F)cc4)c(F)c3)cnc(C#N)c2C(OC(C)(C)C)C(=O)O)CC1. The summed E-state index contributed by atoms with van der Waals surface area (Å²) in [5.74, 6) is -2.10. The van der Waals surface area contributed by atoms with Crippen LogP contribution in [0.15, 0.2) is 48.7 Å². The van der Waals surface area contributed by atoms with Crippen LogP contribution in [0.25, 0.3) is 11.1 Å². The number of carboxylic acid groups (broad SMARTS) is 1. The Morgan fingerprint density at radius 3 is 2.38 bits per heavy atom. The number of carboxylic acids is 1. The molecule has 42 heavy (non-hydrogen) atoms. The van der Waals surface area contributed by atoms with Crippen molar-refractivity contribution in [1.29, 1.82) is 5.26 Å². The number of piperidine rings is 1. The van der Waals surface area contributed by atoms with Crippen molar-refractivity contribution in [2.45, 2.75) is 65.6 Å². The predicted octanol–water partition coefficient (Wildman–Crippen LogP) is 7.09. The van der Waals surface area contributed by atoms with Gasteiger partial charge >= 0.3 is 5.97 Å². The second-order valence-corrected chi connectivity index (χ2v) is 12.4. The minimum absolute atomic E-state index is 0.0450. The summed E-state index contributed by atoms with van der Waals surface area (Å²) >= 11 is 0. The third-order valence-electron chi connectivity index (χ3n) is 7.39. The highest BCUT2D eigenvalue weighted by molar-refractivity contribution is 5.87. The van der Waals surface area contributed by atoms with Crippen LogP contribution in [-0.2, 0) is 16.0 Å². The van der Waals surface area contributed by atoms with Crippen molar-refractivity contribution in [3.05, 3.63) is 77.1 Å². The molecule has 0 spiro atoms. The van der Waals surface area contributed by atoms with E-state index in [9.17, 15) is 19.6 Å². The molecule has 1 aromatic heterocycles. The van der Waals surface area contributed by atoms with Crippen molar-refractivity contribution in [2.24, 2.45) is 5.41 Å². The molecule has 0 amide bonds. The van der Waals surface area contributed by atoms with Crippen LogP contribution in [0, 0.1) is 28.4 Å². The zero-order chi connectivity index (χ0) is 30.7. The minimum Gasteiger partial charge on any atom is -0.490 e. The van der Waals surface area contributed by atoms with Crippen molar-refractivity contribution in [2.75, 3.05) is 24.6 Å². The summed E-state index contributed by atoms with van der Waals surface area (Å²) in [6.45, 7) is 11.1. The van der Waals surface area contributed by atoms with Gasteiger partial charge in [-0.2, -0.15) is 5.26 Å². The Kier molecular flexibility index (Phi) is 9.17. The highest BCUT2D eigenvalue weighted by Gasteiger charge is 2.36. The number of ether oxygens (including phenoxy) is 2. The largest absolute Gasteiger partial charge is 0.490 e. The summed E-state index contributed by atoms with van der Waals surface area (Å²) in [6, 6.07) is 12.7. The monoisotopic (exact) mass is 577 g/mol. The van der Waals surface area contributed by atoms with Crippen LogP contribution >= 0.6 is 0 Å². The summed E-state index contributed by atoms with van der Waals surface area (Å²) in [6.07, 6.45) is 2.21. The molecule has 0 bridgehead atoms. The quantitative estimate of drug-likeness (QED) is 0.290. The van der Waals surface area contributed by atoms with Crippen LogP contribution in [0.2, 0.25) is 0 Å². The molecule has 1 fully saturated rings. The Hall–Kier alpha value is -4.03. The first kappa shape index (κ1) is 30.9. The predicted molar refractivity (Wildman–Crippen MR) is 156 cm³/mol. The first-order valence-corrected chi connectivity index (χ1v) is 14.0. The van der Waals surface area contributed by atoms with Gasteiger partial charge < -0.3 is 19.5 Å². The number of aromatic nitrogens is 1.